The average molecular weight is 419 g/mol. The summed E-state index contributed by atoms with van der Waals surface area (Å²) in [5.41, 5.74) is 8.22. The first-order chi connectivity index (χ1) is 14.2. The number of hydrogen-bond donors (Lipinski definition) is 3. The van der Waals surface area contributed by atoms with E-state index in [2.05, 4.69) is 33.0 Å². The van der Waals surface area contributed by atoms with Crippen molar-refractivity contribution >= 4 is 11.9 Å². The summed E-state index contributed by atoms with van der Waals surface area (Å²) in [6.45, 7) is 9.04. The van der Waals surface area contributed by atoms with Gasteiger partial charge in [0, 0.05) is 30.6 Å². The number of nitrogens with two attached hydrogens (primary N) is 1. The van der Waals surface area contributed by atoms with Crippen LogP contribution in [0.4, 0.5) is 0 Å². The van der Waals surface area contributed by atoms with Crippen molar-refractivity contribution in [1.29, 1.82) is 0 Å². The highest BCUT2D eigenvalue weighted by Gasteiger charge is 2.46. The lowest BCUT2D eigenvalue weighted by molar-refractivity contribution is -0.142. The molecule has 0 fully saturated rings. The van der Waals surface area contributed by atoms with Crippen molar-refractivity contribution in [2.45, 2.75) is 77.4 Å². The molecule has 1 unspecified atom stereocenters. The number of hydrogen-bond acceptors (Lipinski definition) is 4. The number of carbonyl (C=O) groups is 2. The summed E-state index contributed by atoms with van der Waals surface area (Å²) in [4.78, 5) is 23.4. The van der Waals surface area contributed by atoms with Gasteiger partial charge in [0.05, 0.1) is 12.0 Å². The quantitative estimate of drug-likeness (QED) is 0.510. The van der Waals surface area contributed by atoms with E-state index < -0.39 is 11.9 Å². The van der Waals surface area contributed by atoms with Gasteiger partial charge >= 0.3 is 5.97 Å². The van der Waals surface area contributed by atoms with Crippen LogP contribution in [0.2, 0.25) is 0 Å². The van der Waals surface area contributed by atoms with E-state index in [1.54, 1.807) is 13.2 Å². The van der Waals surface area contributed by atoms with Crippen LogP contribution in [0.15, 0.2) is 18.2 Å². The number of carboxylic acids is 1. The molecule has 1 aliphatic rings. The molecule has 30 heavy (non-hydrogen) atoms. The maximum absolute atomic E-state index is 11.8. The second-order valence-electron chi connectivity index (χ2n) is 8.96. The molecular formula is C24H38N2O4. The summed E-state index contributed by atoms with van der Waals surface area (Å²) in [6, 6.07) is 5.77. The van der Waals surface area contributed by atoms with Gasteiger partial charge < -0.3 is 20.9 Å². The van der Waals surface area contributed by atoms with Gasteiger partial charge in [0.2, 0.25) is 5.91 Å². The maximum Gasteiger partial charge on any atom is 0.306 e. The molecule has 1 amide bonds. The van der Waals surface area contributed by atoms with Gasteiger partial charge in [0.1, 0.15) is 0 Å². The van der Waals surface area contributed by atoms with Crippen LogP contribution in [0.25, 0.3) is 0 Å². The lowest BCUT2D eigenvalue weighted by Gasteiger charge is -2.49. The smallest absolute Gasteiger partial charge is 0.306 e. The first-order valence-electron chi connectivity index (χ1n) is 11.1. The number of fused-ring (bicyclic) bond motifs is 1. The monoisotopic (exact) mass is 418 g/mol. The van der Waals surface area contributed by atoms with E-state index >= 15 is 0 Å². The number of carbonyl (C=O) groups excluding carboxylic acids is 1. The third-order valence-corrected chi connectivity index (χ3v) is 6.85. The molecule has 0 saturated heterocycles. The predicted molar refractivity (Wildman–Crippen MR) is 119 cm³/mol. The number of amides is 1. The number of carboxylic acid groups (broad SMARTS) is 1. The molecule has 0 bridgehead atoms. The van der Waals surface area contributed by atoms with Crippen molar-refractivity contribution < 1.29 is 19.4 Å². The molecule has 0 aromatic heterocycles. The fourth-order valence-electron chi connectivity index (χ4n) is 5.17. The van der Waals surface area contributed by atoms with Crippen LogP contribution < -0.4 is 11.1 Å². The van der Waals surface area contributed by atoms with Crippen molar-refractivity contribution in [3.8, 4) is 0 Å². The van der Waals surface area contributed by atoms with Gasteiger partial charge in [0.15, 0.2) is 0 Å². The zero-order chi connectivity index (χ0) is 22.5. The van der Waals surface area contributed by atoms with E-state index in [0.29, 0.717) is 30.9 Å². The summed E-state index contributed by atoms with van der Waals surface area (Å²) in [5.74, 6) is -1.16. The predicted octanol–water partition coefficient (Wildman–Crippen LogP) is 3.51. The van der Waals surface area contributed by atoms with Crippen molar-refractivity contribution in [1.82, 2.24) is 5.32 Å². The van der Waals surface area contributed by atoms with Crippen LogP contribution in [0, 0.1) is 11.8 Å². The van der Waals surface area contributed by atoms with E-state index in [1.807, 2.05) is 12.1 Å². The normalized spacial score (nSPS) is 21.3. The fraction of sp³-hybridized carbons (Fsp3) is 0.667. The Morgan fingerprint density at radius 3 is 2.47 bits per heavy atom. The van der Waals surface area contributed by atoms with Crippen LogP contribution in [0.5, 0.6) is 0 Å². The third kappa shape index (κ3) is 5.03. The molecule has 1 aliphatic carbocycles. The van der Waals surface area contributed by atoms with Gasteiger partial charge in [-0.15, -0.1) is 0 Å². The maximum atomic E-state index is 11.8. The zero-order valence-corrected chi connectivity index (χ0v) is 19.0. The van der Waals surface area contributed by atoms with Gasteiger partial charge in [-0.2, -0.15) is 0 Å². The lowest BCUT2D eigenvalue weighted by atomic mass is 9.62. The Balaban J connectivity index is 2.33. The molecule has 0 heterocycles. The molecule has 3 atom stereocenters. The Bertz CT molecular complexity index is 743. The largest absolute Gasteiger partial charge is 0.481 e. The Morgan fingerprint density at radius 2 is 1.97 bits per heavy atom. The molecule has 1 aromatic rings. The summed E-state index contributed by atoms with van der Waals surface area (Å²) in [6.07, 6.45) is 3.74. The second kappa shape index (κ2) is 10.4. The van der Waals surface area contributed by atoms with Gasteiger partial charge in [-0.25, -0.2) is 0 Å². The molecule has 0 saturated carbocycles. The van der Waals surface area contributed by atoms with Gasteiger partial charge in [0.25, 0.3) is 0 Å². The minimum Gasteiger partial charge on any atom is -0.481 e. The topological polar surface area (TPSA) is 102 Å². The molecule has 0 aliphatic heterocycles. The van der Waals surface area contributed by atoms with E-state index in [9.17, 15) is 14.7 Å². The number of rotatable bonds is 11. The van der Waals surface area contributed by atoms with Crippen LogP contribution in [-0.2, 0) is 21.4 Å². The minimum atomic E-state index is -0.730. The first kappa shape index (κ1) is 24.4. The van der Waals surface area contributed by atoms with Crippen molar-refractivity contribution in [3.05, 3.63) is 34.9 Å². The van der Waals surface area contributed by atoms with E-state index in [4.69, 9.17) is 10.5 Å². The number of primary amides is 1. The highest BCUT2D eigenvalue weighted by Crippen LogP contribution is 2.44. The minimum absolute atomic E-state index is 0.0230. The van der Waals surface area contributed by atoms with Crippen LogP contribution in [-0.4, -0.2) is 42.8 Å². The zero-order valence-electron chi connectivity index (χ0n) is 19.0. The third-order valence-electron chi connectivity index (χ3n) is 6.85. The van der Waals surface area contributed by atoms with Crippen LogP contribution >= 0.6 is 0 Å². The first-order valence-corrected chi connectivity index (χ1v) is 11.1. The average Bonchev–Trinajstić information content (AvgIpc) is 2.71. The summed E-state index contributed by atoms with van der Waals surface area (Å²) < 4.78 is 5.90. The number of nitrogens with one attached hydrogen (secondary N) is 1. The lowest BCUT2D eigenvalue weighted by Crippen LogP contribution is -2.59. The number of methoxy groups -OCH3 is 1. The number of benzene rings is 1. The molecule has 0 spiro atoms. The Labute approximate surface area is 180 Å². The van der Waals surface area contributed by atoms with Gasteiger partial charge in [-0.05, 0) is 61.4 Å². The second-order valence-corrected chi connectivity index (χ2v) is 8.96. The molecule has 0 radical (unpaired) electrons. The molecule has 168 valence electrons. The molecule has 6 nitrogen and oxygen atoms in total. The van der Waals surface area contributed by atoms with E-state index in [0.717, 1.165) is 24.8 Å². The Kier molecular flexibility index (Phi) is 8.44. The SMILES string of the molecule is CCC1(CC)c2cc(C(N)=O)ccc2C[C@H](OC)[C@H]1NCCC(CC(C)C)C(=O)O. The number of aliphatic carboxylic acids is 1. The van der Waals surface area contributed by atoms with Crippen LogP contribution in [0.1, 0.15) is 74.9 Å². The Hall–Kier alpha value is -1.92. The fourth-order valence-corrected chi connectivity index (χ4v) is 5.17. The molecule has 4 N–H and O–H groups in total. The Morgan fingerprint density at radius 1 is 1.30 bits per heavy atom. The van der Waals surface area contributed by atoms with Gasteiger partial charge in [-0.1, -0.05) is 33.8 Å². The van der Waals surface area contributed by atoms with Gasteiger partial charge in [-0.3, -0.25) is 9.59 Å². The molecule has 1 aromatic carbocycles. The van der Waals surface area contributed by atoms with E-state index in [-0.39, 0.29) is 23.5 Å². The summed E-state index contributed by atoms with van der Waals surface area (Å²) in [7, 11) is 1.73. The molecule has 6 heteroatoms. The van der Waals surface area contributed by atoms with Crippen molar-refractivity contribution in [2.24, 2.45) is 17.6 Å². The highest BCUT2D eigenvalue weighted by molar-refractivity contribution is 5.93. The summed E-state index contributed by atoms with van der Waals surface area (Å²) >= 11 is 0. The highest BCUT2D eigenvalue weighted by atomic mass is 16.5. The summed E-state index contributed by atoms with van der Waals surface area (Å²) in [5, 5.41) is 13.2. The van der Waals surface area contributed by atoms with Crippen molar-refractivity contribution in [3.63, 3.8) is 0 Å². The number of ether oxygens (including phenoxy) is 1. The van der Waals surface area contributed by atoms with Crippen molar-refractivity contribution in [2.75, 3.05) is 13.7 Å². The molecular weight excluding hydrogens is 380 g/mol. The van der Waals surface area contributed by atoms with E-state index in [1.165, 1.54) is 5.56 Å². The standard InChI is InChI=1S/C24H38N2O4/c1-6-24(7-2)19-13-17(22(25)27)9-8-16(19)14-20(30-5)21(24)26-11-10-18(23(28)29)12-15(3)4/h8-9,13,15,18,20-21,26H,6-7,10-12,14H2,1-5H3,(H2,25,27)(H,28,29)/t18?,20-,21+/m0/s1. The molecule has 2 rings (SSSR count). The van der Waals surface area contributed by atoms with Crippen LogP contribution in [0.3, 0.4) is 0 Å².